The van der Waals surface area contributed by atoms with Gasteiger partial charge in [0.05, 0.1) is 4.90 Å². The Morgan fingerprint density at radius 3 is 2.56 bits per heavy atom. The Bertz CT molecular complexity index is 542. The van der Waals surface area contributed by atoms with E-state index in [1.807, 2.05) is 13.8 Å². The number of nitrogens with zero attached hydrogens (tertiary/aromatic N) is 1. The molecule has 0 heterocycles. The predicted octanol–water partition coefficient (Wildman–Crippen LogP) is 2.48. The molecular weight excluding hydrogens is 274 g/mol. The van der Waals surface area contributed by atoms with Crippen molar-refractivity contribution in [2.75, 3.05) is 7.05 Å². The number of carbonyl (C=O) groups excluding carboxylic acids is 1. The van der Waals surface area contributed by atoms with Gasteiger partial charge < -0.3 is 4.90 Å². The van der Waals surface area contributed by atoms with Crippen LogP contribution in [0.15, 0.2) is 29.2 Å². The SMILES string of the molecule is CCC(C)N(C)C(=O)c1cccc(S(=O)(=O)Cl)c1. The lowest BCUT2D eigenvalue weighted by Crippen LogP contribution is -2.34. The normalized spacial score (nSPS) is 13.1. The smallest absolute Gasteiger partial charge is 0.261 e. The molecule has 0 saturated heterocycles. The molecule has 1 unspecified atom stereocenters. The maximum Gasteiger partial charge on any atom is 0.261 e. The van der Waals surface area contributed by atoms with Gasteiger partial charge in [-0.1, -0.05) is 13.0 Å². The summed E-state index contributed by atoms with van der Waals surface area (Å²) in [6.07, 6.45) is 0.829. The fraction of sp³-hybridized carbons (Fsp3) is 0.417. The molecule has 0 radical (unpaired) electrons. The topological polar surface area (TPSA) is 54.5 Å². The van der Waals surface area contributed by atoms with Crippen LogP contribution in [0, 0.1) is 0 Å². The van der Waals surface area contributed by atoms with Crippen molar-refractivity contribution in [3.05, 3.63) is 29.8 Å². The van der Waals surface area contributed by atoms with Crippen LogP contribution >= 0.6 is 10.7 Å². The monoisotopic (exact) mass is 289 g/mol. The van der Waals surface area contributed by atoms with Gasteiger partial charge in [0.2, 0.25) is 0 Å². The molecule has 0 fully saturated rings. The first-order valence-electron chi connectivity index (χ1n) is 5.59. The zero-order valence-corrected chi connectivity index (χ0v) is 12.1. The van der Waals surface area contributed by atoms with Crippen molar-refractivity contribution in [3.63, 3.8) is 0 Å². The Balaban J connectivity index is 3.08. The Kier molecular flexibility index (Phi) is 4.76. The Labute approximate surface area is 112 Å². The number of halogens is 1. The molecule has 0 aromatic heterocycles. The summed E-state index contributed by atoms with van der Waals surface area (Å²) < 4.78 is 22.4. The van der Waals surface area contributed by atoms with Crippen molar-refractivity contribution in [3.8, 4) is 0 Å². The average Bonchev–Trinajstić information content (AvgIpc) is 2.35. The van der Waals surface area contributed by atoms with Gasteiger partial charge in [0, 0.05) is 29.3 Å². The lowest BCUT2D eigenvalue weighted by Gasteiger charge is -2.23. The molecule has 6 heteroatoms. The molecule has 1 amide bonds. The first kappa shape index (κ1) is 15.0. The summed E-state index contributed by atoms with van der Waals surface area (Å²) in [6.45, 7) is 3.91. The number of amides is 1. The van der Waals surface area contributed by atoms with Gasteiger partial charge in [-0.25, -0.2) is 8.42 Å². The van der Waals surface area contributed by atoms with E-state index in [2.05, 4.69) is 0 Å². The number of hydrogen-bond acceptors (Lipinski definition) is 3. The van der Waals surface area contributed by atoms with Crippen molar-refractivity contribution >= 4 is 25.6 Å². The van der Waals surface area contributed by atoms with Gasteiger partial charge in [-0.3, -0.25) is 4.79 Å². The molecule has 0 bridgehead atoms. The van der Waals surface area contributed by atoms with E-state index < -0.39 is 9.05 Å². The van der Waals surface area contributed by atoms with E-state index in [0.717, 1.165) is 6.42 Å². The third kappa shape index (κ3) is 3.46. The minimum Gasteiger partial charge on any atom is -0.339 e. The fourth-order valence-corrected chi connectivity index (χ4v) is 2.26. The van der Waals surface area contributed by atoms with Crippen molar-refractivity contribution < 1.29 is 13.2 Å². The summed E-state index contributed by atoms with van der Waals surface area (Å²) in [7, 11) is 3.14. The Morgan fingerprint density at radius 2 is 2.06 bits per heavy atom. The van der Waals surface area contributed by atoms with Crippen molar-refractivity contribution in [2.45, 2.75) is 31.2 Å². The van der Waals surface area contributed by atoms with Crippen LogP contribution in [0.3, 0.4) is 0 Å². The maximum atomic E-state index is 12.1. The predicted molar refractivity (Wildman–Crippen MR) is 71.3 cm³/mol. The van der Waals surface area contributed by atoms with Gasteiger partial charge in [0.15, 0.2) is 0 Å². The second-order valence-corrected chi connectivity index (χ2v) is 6.70. The highest BCUT2D eigenvalue weighted by molar-refractivity contribution is 8.13. The molecule has 0 spiro atoms. The number of rotatable bonds is 4. The minimum atomic E-state index is -3.81. The third-order valence-electron chi connectivity index (χ3n) is 2.93. The summed E-state index contributed by atoms with van der Waals surface area (Å²) in [5, 5.41) is 0. The van der Waals surface area contributed by atoms with Gasteiger partial charge in [-0.05, 0) is 31.5 Å². The summed E-state index contributed by atoms with van der Waals surface area (Å²) in [4.78, 5) is 13.6. The molecule has 0 saturated carbocycles. The molecule has 0 aliphatic rings. The van der Waals surface area contributed by atoms with E-state index in [9.17, 15) is 13.2 Å². The van der Waals surface area contributed by atoms with Crippen molar-refractivity contribution in [1.82, 2.24) is 4.90 Å². The van der Waals surface area contributed by atoms with E-state index >= 15 is 0 Å². The number of hydrogen-bond donors (Lipinski definition) is 0. The molecule has 1 aromatic carbocycles. The molecule has 0 N–H and O–H groups in total. The summed E-state index contributed by atoms with van der Waals surface area (Å²) >= 11 is 0. The minimum absolute atomic E-state index is 0.0624. The van der Waals surface area contributed by atoms with Crippen LogP contribution in [-0.4, -0.2) is 32.3 Å². The Hall–Kier alpha value is -1.07. The highest BCUT2D eigenvalue weighted by Gasteiger charge is 2.18. The van der Waals surface area contributed by atoms with E-state index in [-0.39, 0.29) is 16.8 Å². The van der Waals surface area contributed by atoms with Crippen molar-refractivity contribution in [2.24, 2.45) is 0 Å². The van der Waals surface area contributed by atoms with Gasteiger partial charge in [0.25, 0.3) is 15.0 Å². The second kappa shape index (κ2) is 5.71. The lowest BCUT2D eigenvalue weighted by atomic mass is 10.1. The van der Waals surface area contributed by atoms with Gasteiger partial charge in [-0.15, -0.1) is 0 Å². The number of carbonyl (C=O) groups is 1. The molecule has 1 aromatic rings. The van der Waals surface area contributed by atoms with E-state index in [1.54, 1.807) is 18.0 Å². The van der Waals surface area contributed by atoms with Crippen LogP contribution in [-0.2, 0) is 9.05 Å². The van der Waals surface area contributed by atoms with Crippen molar-refractivity contribution in [1.29, 1.82) is 0 Å². The first-order valence-corrected chi connectivity index (χ1v) is 7.90. The zero-order chi connectivity index (χ0) is 13.9. The molecule has 18 heavy (non-hydrogen) atoms. The molecule has 1 atom stereocenters. The first-order chi connectivity index (χ1) is 8.27. The van der Waals surface area contributed by atoms with Crippen LogP contribution in [0.4, 0.5) is 0 Å². The molecule has 1 rings (SSSR count). The molecular formula is C12H16ClNO3S. The lowest BCUT2D eigenvalue weighted by molar-refractivity contribution is 0.0740. The van der Waals surface area contributed by atoms with Crippen LogP contribution in [0.2, 0.25) is 0 Å². The van der Waals surface area contributed by atoms with Gasteiger partial charge in [-0.2, -0.15) is 0 Å². The second-order valence-electron chi connectivity index (χ2n) is 4.14. The van der Waals surface area contributed by atoms with Gasteiger partial charge in [0.1, 0.15) is 0 Å². The van der Waals surface area contributed by atoms with Gasteiger partial charge >= 0.3 is 0 Å². The Morgan fingerprint density at radius 1 is 1.44 bits per heavy atom. The van der Waals surface area contributed by atoms with Crippen LogP contribution in [0.1, 0.15) is 30.6 Å². The standard InChI is InChI=1S/C12H16ClNO3S/c1-4-9(2)14(3)12(15)10-6-5-7-11(8-10)18(13,16)17/h5-9H,4H2,1-3H3. The largest absolute Gasteiger partial charge is 0.339 e. The zero-order valence-electron chi connectivity index (χ0n) is 10.6. The maximum absolute atomic E-state index is 12.1. The van der Waals surface area contributed by atoms with E-state index in [0.29, 0.717) is 5.56 Å². The van der Waals surface area contributed by atoms with E-state index in [1.165, 1.54) is 18.2 Å². The fourth-order valence-electron chi connectivity index (χ4n) is 1.46. The number of benzene rings is 1. The summed E-state index contributed by atoms with van der Waals surface area (Å²) in [6, 6.07) is 5.83. The summed E-state index contributed by atoms with van der Waals surface area (Å²) in [5.41, 5.74) is 0.319. The quantitative estimate of drug-likeness (QED) is 0.800. The van der Waals surface area contributed by atoms with E-state index in [4.69, 9.17) is 10.7 Å². The molecule has 100 valence electrons. The molecule has 4 nitrogen and oxygen atoms in total. The van der Waals surface area contributed by atoms with Crippen LogP contribution in [0.25, 0.3) is 0 Å². The third-order valence-corrected chi connectivity index (χ3v) is 4.29. The van der Waals surface area contributed by atoms with Crippen LogP contribution in [0.5, 0.6) is 0 Å². The van der Waals surface area contributed by atoms with Crippen LogP contribution < -0.4 is 0 Å². The highest BCUT2D eigenvalue weighted by Crippen LogP contribution is 2.17. The molecule has 0 aliphatic heterocycles. The average molecular weight is 290 g/mol. The molecule has 0 aliphatic carbocycles. The highest BCUT2D eigenvalue weighted by atomic mass is 35.7. The summed E-state index contributed by atoms with van der Waals surface area (Å²) in [5.74, 6) is -0.216.